The van der Waals surface area contributed by atoms with Gasteiger partial charge in [0.2, 0.25) is 5.91 Å². The van der Waals surface area contributed by atoms with E-state index in [9.17, 15) is 4.79 Å². The van der Waals surface area contributed by atoms with Gasteiger partial charge in [-0.2, -0.15) is 0 Å². The second-order valence-corrected chi connectivity index (χ2v) is 8.99. The van der Waals surface area contributed by atoms with E-state index in [0.29, 0.717) is 6.54 Å². The van der Waals surface area contributed by atoms with E-state index in [1.807, 2.05) is 12.1 Å². The normalized spacial score (nSPS) is 16.2. The fourth-order valence-corrected chi connectivity index (χ4v) is 4.85. The van der Waals surface area contributed by atoms with Crippen LogP contribution in [0.1, 0.15) is 30.9 Å². The number of hydrogen-bond donors (Lipinski definition) is 1. The molecule has 1 atom stereocenters. The molecular formula is C25H28N4OS. The number of hydrogen-bond acceptors (Lipinski definition) is 5. The number of nitrogens with zero attached hydrogens (tertiary/aromatic N) is 3. The molecule has 3 aromatic rings. The fourth-order valence-electron chi connectivity index (χ4n) is 3.85. The first kappa shape index (κ1) is 21.4. The van der Waals surface area contributed by atoms with Crippen LogP contribution >= 0.6 is 11.8 Å². The highest BCUT2D eigenvalue weighted by atomic mass is 32.2. The van der Waals surface area contributed by atoms with Gasteiger partial charge in [0, 0.05) is 36.1 Å². The topological polar surface area (TPSA) is 58.1 Å². The van der Waals surface area contributed by atoms with Gasteiger partial charge in [-0.15, -0.1) is 0 Å². The van der Waals surface area contributed by atoms with Crippen LogP contribution in [-0.2, 0) is 11.2 Å². The van der Waals surface area contributed by atoms with Crippen LogP contribution in [-0.4, -0.2) is 29.0 Å². The Morgan fingerprint density at radius 1 is 1.16 bits per heavy atom. The molecule has 1 fully saturated rings. The average molecular weight is 433 g/mol. The third-order valence-corrected chi connectivity index (χ3v) is 6.54. The van der Waals surface area contributed by atoms with Crippen LogP contribution in [0.5, 0.6) is 0 Å². The van der Waals surface area contributed by atoms with E-state index in [1.54, 1.807) is 24.2 Å². The zero-order valence-corrected chi connectivity index (χ0v) is 18.9. The molecule has 1 saturated heterocycles. The molecule has 4 rings (SSSR count). The minimum Gasteiger partial charge on any atom is -0.354 e. The maximum Gasteiger partial charge on any atom is 0.229 e. The van der Waals surface area contributed by atoms with Crippen LogP contribution in [0.25, 0.3) is 0 Å². The van der Waals surface area contributed by atoms with Gasteiger partial charge in [-0.25, -0.2) is 9.97 Å². The Kier molecular flexibility index (Phi) is 6.87. The molecule has 160 valence electrons. The Morgan fingerprint density at radius 3 is 2.74 bits per heavy atom. The van der Waals surface area contributed by atoms with Gasteiger partial charge in [-0.3, -0.25) is 4.79 Å². The number of benzene rings is 2. The van der Waals surface area contributed by atoms with Crippen molar-refractivity contribution in [1.29, 1.82) is 0 Å². The van der Waals surface area contributed by atoms with Gasteiger partial charge in [0.05, 0.1) is 5.92 Å². The summed E-state index contributed by atoms with van der Waals surface area (Å²) in [5.41, 5.74) is 3.34. The summed E-state index contributed by atoms with van der Waals surface area (Å²) >= 11 is 1.62. The van der Waals surface area contributed by atoms with Crippen molar-refractivity contribution in [2.75, 3.05) is 23.3 Å². The van der Waals surface area contributed by atoms with Gasteiger partial charge in [-0.05, 0) is 56.0 Å². The number of nitrogens with one attached hydrogen (secondary N) is 1. The minimum atomic E-state index is -0.0709. The molecule has 0 aliphatic carbocycles. The lowest BCUT2D eigenvalue weighted by Gasteiger charge is -2.33. The Hall–Kier alpha value is -2.86. The van der Waals surface area contributed by atoms with Crippen LogP contribution < -0.4 is 10.2 Å². The van der Waals surface area contributed by atoms with E-state index >= 15 is 0 Å². The van der Waals surface area contributed by atoms with Crippen LogP contribution in [0.3, 0.4) is 0 Å². The van der Waals surface area contributed by atoms with Crippen LogP contribution in [0.15, 0.2) is 70.8 Å². The highest BCUT2D eigenvalue weighted by Gasteiger charge is 2.28. The first-order chi connectivity index (χ1) is 15.1. The van der Waals surface area contributed by atoms with E-state index < -0.39 is 0 Å². The van der Waals surface area contributed by atoms with E-state index in [1.165, 1.54) is 11.1 Å². The molecule has 0 unspecified atom stereocenters. The van der Waals surface area contributed by atoms with Crippen molar-refractivity contribution in [2.24, 2.45) is 5.92 Å². The predicted octanol–water partition coefficient (Wildman–Crippen LogP) is 5.35. The first-order valence-corrected chi connectivity index (χ1v) is 11.6. The standard InChI is InChI=1S/C25H28N4OS/c1-3-19-9-11-21(12-10-19)28-24(30)20-7-5-15-29(17-20)23-25(27-14-13-26-23)31-22-8-4-6-18(2)16-22/h4,6,8-14,16,20H,3,5,7,15,17H2,1-2H3,(H,28,30)/t20-/m0/s1. The number of aryl methyl sites for hydroxylation is 2. The quantitative estimate of drug-likeness (QED) is 0.569. The molecule has 2 aromatic carbocycles. The maximum absolute atomic E-state index is 12.9. The molecule has 0 bridgehead atoms. The Labute approximate surface area is 188 Å². The SMILES string of the molecule is CCc1ccc(NC(=O)[C@H]2CCCN(c3nccnc3Sc3cccc(C)c3)C2)cc1. The van der Waals surface area contributed by atoms with Crippen molar-refractivity contribution in [3.63, 3.8) is 0 Å². The molecule has 1 aliphatic heterocycles. The lowest BCUT2D eigenvalue weighted by Crippen LogP contribution is -2.41. The molecule has 1 N–H and O–H groups in total. The molecule has 0 spiro atoms. The van der Waals surface area contributed by atoms with Gasteiger partial charge in [-0.1, -0.05) is 48.5 Å². The largest absolute Gasteiger partial charge is 0.354 e. The summed E-state index contributed by atoms with van der Waals surface area (Å²) in [5, 5.41) is 3.97. The molecule has 6 heteroatoms. The van der Waals surface area contributed by atoms with Gasteiger partial charge < -0.3 is 10.2 Å². The molecule has 1 amide bonds. The van der Waals surface area contributed by atoms with Gasteiger partial charge in [0.1, 0.15) is 5.03 Å². The van der Waals surface area contributed by atoms with E-state index in [0.717, 1.165) is 47.2 Å². The molecule has 0 radical (unpaired) electrons. The number of amides is 1. The summed E-state index contributed by atoms with van der Waals surface area (Å²) in [7, 11) is 0. The highest BCUT2D eigenvalue weighted by molar-refractivity contribution is 7.99. The summed E-state index contributed by atoms with van der Waals surface area (Å²) in [6.07, 6.45) is 6.30. The average Bonchev–Trinajstić information content (AvgIpc) is 2.80. The molecule has 1 aromatic heterocycles. The summed E-state index contributed by atoms with van der Waals surface area (Å²) < 4.78 is 0. The van der Waals surface area contributed by atoms with E-state index in [2.05, 4.69) is 70.4 Å². The zero-order chi connectivity index (χ0) is 21.6. The summed E-state index contributed by atoms with van der Waals surface area (Å²) in [6, 6.07) is 16.5. The summed E-state index contributed by atoms with van der Waals surface area (Å²) in [4.78, 5) is 25.5. The van der Waals surface area contributed by atoms with Crippen molar-refractivity contribution in [2.45, 2.75) is 43.0 Å². The second-order valence-electron chi connectivity index (χ2n) is 7.93. The van der Waals surface area contributed by atoms with Crippen LogP contribution in [0.4, 0.5) is 11.5 Å². The molecule has 1 aliphatic rings. The number of carbonyl (C=O) groups excluding carboxylic acids is 1. The second kappa shape index (κ2) is 9.96. The molecule has 31 heavy (non-hydrogen) atoms. The Bertz CT molecular complexity index is 1040. The fraction of sp³-hybridized carbons (Fsp3) is 0.320. The van der Waals surface area contributed by atoms with Gasteiger partial charge >= 0.3 is 0 Å². The van der Waals surface area contributed by atoms with Gasteiger partial charge in [0.25, 0.3) is 0 Å². The first-order valence-electron chi connectivity index (χ1n) is 10.8. The van der Waals surface area contributed by atoms with Crippen LogP contribution in [0, 0.1) is 12.8 Å². The minimum absolute atomic E-state index is 0.0709. The van der Waals surface area contributed by atoms with E-state index in [-0.39, 0.29) is 11.8 Å². The number of anilines is 2. The third kappa shape index (κ3) is 5.44. The monoisotopic (exact) mass is 432 g/mol. The molecule has 0 saturated carbocycles. The number of piperidine rings is 1. The van der Waals surface area contributed by atoms with Crippen molar-refractivity contribution in [1.82, 2.24) is 9.97 Å². The highest BCUT2D eigenvalue weighted by Crippen LogP contribution is 2.34. The predicted molar refractivity (Wildman–Crippen MR) is 127 cm³/mol. The third-order valence-electron chi connectivity index (χ3n) is 5.57. The maximum atomic E-state index is 12.9. The smallest absolute Gasteiger partial charge is 0.229 e. The van der Waals surface area contributed by atoms with Crippen molar-refractivity contribution < 1.29 is 4.79 Å². The lowest BCUT2D eigenvalue weighted by molar-refractivity contribution is -0.120. The Balaban J connectivity index is 1.46. The summed E-state index contributed by atoms with van der Waals surface area (Å²) in [5.74, 6) is 0.864. The number of rotatable bonds is 6. The molecule has 2 heterocycles. The Morgan fingerprint density at radius 2 is 1.97 bits per heavy atom. The lowest BCUT2D eigenvalue weighted by atomic mass is 9.97. The zero-order valence-electron chi connectivity index (χ0n) is 18.0. The number of carbonyl (C=O) groups is 1. The van der Waals surface area contributed by atoms with Crippen LogP contribution in [0.2, 0.25) is 0 Å². The van der Waals surface area contributed by atoms with Crippen molar-refractivity contribution in [3.05, 3.63) is 72.1 Å². The van der Waals surface area contributed by atoms with Crippen molar-refractivity contribution in [3.8, 4) is 0 Å². The summed E-state index contributed by atoms with van der Waals surface area (Å²) in [6.45, 7) is 5.75. The van der Waals surface area contributed by atoms with E-state index in [4.69, 9.17) is 0 Å². The van der Waals surface area contributed by atoms with Crippen molar-refractivity contribution >= 4 is 29.2 Å². The molecular weight excluding hydrogens is 404 g/mol. The van der Waals surface area contributed by atoms with Gasteiger partial charge in [0.15, 0.2) is 5.82 Å². The number of aromatic nitrogens is 2. The molecule has 5 nitrogen and oxygen atoms in total.